The highest BCUT2D eigenvalue weighted by molar-refractivity contribution is 5.91. The standard InChI is InChI=1S/C20H18N4O5/c1-23(19(25)11-6-14-4-3-5-16(12-14)24(26)27)13-18-21-20(22-29-18)15-7-9-17(28-2)10-8-15/h3-12H,13H2,1-2H3/b11-6+. The normalized spacial score (nSPS) is 10.8. The Hall–Kier alpha value is -4.01. The van der Waals surface area contributed by atoms with Crippen LogP contribution in [0.4, 0.5) is 5.69 Å². The Labute approximate surface area is 166 Å². The van der Waals surface area contributed by atoms with Gasteiger partial charge in [0.25, 0.3) is 5.69 Å². The molecule has 0 aliphatic carbocycles. The number of carbonyl (C=O) groups excluding carboxylic acids is 1. The highest BCUT2D eigenvalue weighted by Crippen LogP contribution is 2.20. The number of benzene rings is 2. The van der Waals surface area contributed by atoms with Crippen molar-refractivity contribution in [2.75, 3.05) is 14.2 Å². The first kappa shape index (κ1) is 19.7. The number of nitro benzene ring substituents is 1. The third-order valence-electron chi connectivity index (χ3n) is 4.06. The van der Waals surface area contributed by atoms with E-state index < -0.39 is 4.92 Å². The number of carbonyl (C=O) groups is 1. The van der Waals surface area contributed by atoms with E-state index in [0.717, 1.165) is 11.3 Å². The van der Waals surface area contributed by atoms with Gasteiger partial charge in [0.05, 0.1) is 18.6 Å². The number of likely N-dealkylation sites (N-methyl/N-ethyl adjacent to an activating group) is 1. The molecule has 148 valence electrons. The molecule has 0 fully saturated rings. The number of ether oxygens (including phenoxy) is 1. The topological polar surface area (TPSA) is 112 Å². The van der Waals surface area contributed by atoms with E-state index in [1.807, 2.05) is 12.1 Å². The summed E-state index contributed by atoms with van der Waals surface area (Å²) in [5.41, 5.74) is 1.28. The molecular formula is C20H18N4O5. The first-order valence-electron chi connectivity index (χ1n) is 8.61. The summed E-state index contributed by atoms with van der Waals surface area (Å²) in [6.45, 7) is 0.126. The van der Waals surface area contributed by atoms with E-state index in [4.69, 9.17) is 9.26 Å². The Morgan fingerprint density at radius 1 is 1.28 bits per heavy atom. The maximum atomic E-state index is 12.3. The fourth-order valence-corrected chi connectivity index (χ4v) is 2.49. The van der Waals surface area contributed by atoms with Gasteiger partial charge in [0.2, 0.25) is 17.6 Å². The van der Waals surface area contributed by atoms with Crippen molar-refractivity contribution in [1.82, 2.24) is 15.0 Å². The Bertz CT molecular complexity index is 1040. The van der Waals surface area contributed by atoms with E-state index in [1.54, 1.807) is 38.4 Å². The number of nitro groups is 1. The van der Waals surface area contributed by atoms with Crippen LogP contribution >= 0.6 is 0 Å². The highest BCUT2D eigenvalue weighted by atomic mass is 16.6. The zero-order chi connectivity index (χ0) is 20.8. The van der Waals surface area contributed by atoms with Crippen LogP contribution < -0.4 is 4.74 Å². The van der Waals surface area contributed by atoms with Crippen molar-refractivity contribution in [3.05, 3.63) is 76.2 Å². The minimum atomic E-state index is -0.485. The van der Waals surface area contributed by atoms with Gasteiger partial charge in [-0.2, -0.15) is 4.98 Å². The third-order valence-corrected chi connectivity index (χ3v) is 4.06. The molecule has 0 aliphatic heterocycles. The van der Waals surface area contributed by atoms with E-state index in [1.165, 1.54) is 29.2 Å². The third kappa shape index (κ3) is 5.04. The van der Waals surface area contributed by atoms with Crippen LogP contribution in [0, 0.1) is 10.1 Å². The van der Waals surface area contributed by atoms with Gasteiger partial charge in [-0.1, -0.05) is 17.3 Å². The molecule has 0 spiro atoms. The molecule has 1 heterocycles. The van der Waals surface area contributed by atoms with Crippen molar-refractivity contribution in [1.29, 1.82) is 0 Å². The van der Waals surface area contributed by atoms with Gasteiger partial charge in [0.15, 0.2) is 0 Å². The van der Waals surface area contributed by atoms with Crippen LogP contribution in [0.5, 0.6) is 5.75 Å². The average Bonchev–Trinajstić information content (AvgIpc) is 3.20. The van der Waals surface area contributed by atoms with Crippen molar-refractivity contribution in [2.45, 2.75) is 6.54 Å². The van der Waals surface area contributed by atoms with Crippen LogP contribution in [0.15, 0.2) is 59.1 Å². The smallest absolute Gasteiger partial charge is 0.270 e. The second-order valence-corrected chi connectivity index (χ2v) is 6.12. The molecule has 0 unspecified atom stereocenters. The fourth-order valence-electron chi connectivity index (χ4n) is 2.49. The summed E-state index contributed by atoms with van der Waals surface area (Å²) in [4.78, 5) is 28.3. The lowest BCUT2D eigenvalue weighted by atomic mass is 10.2. The van der Waals surface area contributed by atoms with Gasteiger partial charge in [0.1, 0.15) is 5.75 Å². The van der Waals surface area contributed by atoms with Crippen LogP contribution in [-0.4, -0.2) is 40.0 Å². The first-order chi connectivity index (χ1) is 14.0. The monoisotopic (exact) mass is 394 g/mol. The van der Waals surface area contributed by atoms with Gasteiger partial charge in [-0.25, -0.2) is 0 Å². The molecule has 9 heteroatoms. The number of aromatic nitrogens is 2. The predicted octanol–water partition coefficient (Wildman–Crippen LogP) is 3.33. The van der Waals surface area contributed by atoms with Gasteiger partial charge >= 0.3 is 0 Å². The summed E-state index contributed by atoms with van der Waals surface area (Å²) >= 11 is 0. The number of nitrogens with zero attached hydrogens (tertiary/aromatic N) is 4. The molecule has 0 saturated heterocycles. The van der Waals surface area contributed by atoms with Crippen molar-refractivity contribution in [3.8, 4) is 17.1 Å². The van der Waals surface area contributed by atoms with E-state index in [2.05, 4.69) is 10.1 Å². The summed E-state index contributed by atoms with van der Waals surface area (Å²) in [7, 11) is 3.18. The van der Waals surface area contributed by atoms with Crippen LogP contribution in [0.25, 0.3) is 17.5 Å². The van der Waals surface area contributed by atoms with Gasteiger partial charge in [0, 0.05) is 30.8 Å². The molecule has 0 saturated carbocycles. The molecule has 29 heavy (non-hydrogen) atoms. The van der Waals surface area contributed by atoms with Gasteiger partial charge in [-0.15, -0.1) is 0 Å². The van der Waals surface area contributed by atoms with Crippen molar-refractivity contribution < 1.29 is 19.0 Å². The van der Waals surface area contributed by atoms with Crippen molar-refractivity contribution in [2.24, 2.45) is 0 Å². The molecule has 1 aromatic heterocycles. The molecule has 0 N–H and O–H groups in total. The molecule has 2 aromatic carbocycles. The molecule has 0 atom stereocenters. The minimum absolute atomic E-state index is 0.0372. The molecule has 0 radical (unpaired) electrons. The molecule has 0 aliphatic rings. The van der Waals surface area contributed by atoms with Crippen LogP contribution in [0.3, 0.4) is 0 Å². The Balaban J connectivity index is 1.63. The van der Waals surface area contributed by atoms with E-state index in [-0.39, 0.29) is 24.0 Å². The summed E-state index contributed by atoms with van der Waals surface area (Å²) in [6, 6.07) is 13.2. The lowest BCUT2D eigenvalue weighted by Gasteiger charge is -2.11. The van der Waals surface area contributed by atoms with Crippen molar-refractivity contribution >= 4 is 17.7 Å². The summed E-state index contributed by atoms with van der Waals surface area (Å²) in [5, 5.41) is 14.7. The molecule has 3 aromatic rings. The highest BCUT2D eigenvalue weighted by Gasteiger charge is 2.13. The average molecular weight is 394 g/mol. The lowest BCUT2D eigenvalue weighted by molar-refractivity contribution is -0.384. The summed E-state index contributed by atoms with van der Waals surface area (Å²) in [6.07, 6.45) is 2.85. The summed E-state index contributed by atoms with van der Waals surface area (Å²) < 4.78 is 10.3. The lowest BCUT2D eigenvalue weighted by Crippen LogP contribution is -2.24. The predicted molar refractivity (Wildman–Crippen MR) is 105 cm³/mol. The van der Waals surface area contributed by atoms with Gasteiger partial charge in [-0.05, 0) is 35.9 Å². The van der Waals surface area contributed by atoms with E-state index >= 15 is 0 Å². The molecular weight excluding hydrogens is 376 g/mol. The second-order valence-electron chi connectivity index (χ2n) is 6.12. The maximum absolute atomic E-state index is 12.3. The molecule has 3 rings (SSSR count). The quantitative estimate of drug-likeness (QED) is 0.343. The van der Waals surface area contributed by atoms with Crippen LogP contribution in [-0.2, 0) is 11.3 Å². The number of non-ortho nitro benzene ring substituents is 1. The Morgan fingerprint density at radius 3 is 2.72 bits per heavy atom. The number of rotatable bonds is 7. The van der Waals surface area contributed by atoms with Crippen LogP contribution in [0.2, 0.25) is 0 Å². The Kier molecular flexibility index (Phi) is 5.98. The van der Waals surface area contributed by atoms with Crippen LogP contribution in [0.1, 0.15) is 11.5 Å². The fraction of sp³-hybridized carbons (Fsp3) is 0.150. The molecule has 9 nitrogen and oxygen atoms in total. The van der Waals surface area contributed by atoms with E-state index in [9.17, 15) is 14.9 Å². The zero-order valence-corrected chi connectivity index (χ0v) is 15.8. The van der Waals surface area contributed by atoms with Crippen molar-refractivity contribution in [3.63, 3.8) is 0 Å². The molecule has 0 bridgehead atoms. The zero-order valence-electron chi connectivity index (χ0n) is 15.8. The number of amides is 1. The minimum Gasteiger partial charge on any atom is -0.497 e. The number of hydrogen-bond donors (Lipinski definition) is 0. The second kappa shape index (κ2) is 8.79. The molecule has 1 amide bonds. The summed E-state index contributed by atoms with van der Waals surface area (Å²) in [5.74, 6) is 1.12. The SMILES string of the molecule is COc1ccc(-c2noc(CN(C)C(=O)/C=C/c3cccc([N+](=O)[O-])c3)n2)cc1. The van der Waals surface area contributed by atoms with Gasteiger partial charge in [-0.3, -0.25) is 14.9 Å². The number of methoxy groups -OCH3 is 1. The Morgan fingerprint density at radius 2 is 2.03 bits per heavy atom. The maximum Gasteiger partial charge on any atom is 0.270 e. The number of hydrogen-bond acceptors (Lipinski definition) is 7. The first-order valence-corrected chi connectivity index (χ1v) is 8.61. The van der Waals surface area contributed by atoms with E-state index in [0.29, 0.717) is 11.4 Å². The largest absolute Gasteiger partial charge is 0.497 e. The van der Waals surface area contributed by atoms with Gasteiger partial charge < -0.3 is 14.2 Å².